The van der Waals surface area contributed by atoms with Gasteiger partial charge in [0.2, 0.25) is 10.0 Å². The summed E-state index contributed by atoms with van der Waals surface area (Å²) in [4.78, 5) is 12.4. The lowest BCUT2D eigenvalue weighted by atomic mass is 10.3. The van der Waals surface area contributed by atoms with Crippen LogP contribution in [0.3, 0.4) is 0 Å². The zero-order valence-electron chi connectivity index (χ0n) is 9.79. The third-order valence-corrected chi connectivity index (χ3v) is 4.90. The highest BCUT2D eigenvalue weighted by Gasteiger charge is 2.11. The van der Waals surface area contributed by atoms with Crippen molar-refractivity contribution in [1.29, 1.82) is 0 Å². The quantitative estimate of drug-likeness (QED) is 0.725. The van der Waals surface area contributed by atoms with Gasteiger partial charge in [-0.3, -0.25) is 9.89 Å². The molecule has 0 aromatic carbocycles. The van der Waals surface area contributed by atoms with E-state index < -0.39 is 10.0 Å². The number of carbonyl (C=O) groups is 1. The Morgan fingerprint density at radius 2 is 2.21 bits per heavy atom. The normalized spacial score (nSPS) is 11.4. The molecule has 4 N–H and O–H groups in total. The number of rotatable bonds is 5. The molecule has 19 heavy (non-hydrogen) atoms. The van der Waals surface area contributed by atoms with Crippen molar-refractivity contribution < 1.29 is 13.2 Å². The van der Waals surface area contributed by atoms with Gasteiger partial charge in [0.1, 0.15) is 9.90 Å². The number of nitrogens with zero attached hydrogens (tertiary/aromatic N) is 1. The van der Waals surface area contributed by atoms with Crippen LogP contribution in [0.15, 0.2) is 28.6 Å². The van der Waals surface area contributed by atoms with Gasteiger partial charge in [0, 0.05) is 17.6 Å². The molecule has 2 aromatic rings. The first-order chi connectivity index (χ1) is 8.97. The number of H-pyrrole nitrogens is 1. The van der Waals surface area contributed by atoms with Crippen LogP contribution < -0.4 is 10.5 Å². The van der Waals surface area contributed by atoms with Crippen molar-refractivity contribution in [1.82, 2.24) is 15.5 Å². The molecular formula is C10H12N4O3S2. The van der Waals surface area contributed by atoms with E-state index in [1.54, 1.807) is 12.1 Å². The second-order valence-corrected chi connectivity index (χ2v) is 6.70. The number of primary sulfonamides is 1. The van der Waals surface area contributed by atoms with E-state index in [9.17, 15) is 13.2 Å². The van der Waals surface area contributed by atoms with Gasteiger partial charge in [-0.2, -0.15) is 5.10 Å². The summed E-state index contributed by atoms with van der Waals surface area (Å²) in [6.07, 6.45) is 2.03. The highest BCUT2D eigenvalue weighted by atomic mass is 32.2. The summed E-state index contributed by atoms with van der Waals surface area (Å²) < 4.78 is 22.3. The maximum absolute atomic E-state index is 11.6. The molecule has 0 aliphatic heterocycles. The molecule has 102 valence electrons. The summed E-state index contributed by atoms with van der Waals surface area (Å²) in [5.41, 5.74) is 0.386. The Morgan fingerprint density at radius 1 is 1.42 bits per heavy atom. The second-order valence-electron chi connectivity index (χ2n) is 3.74. The van der Waals surface area contributed by atoms with Crippen molar-refractivity contribution in [3.8, 4) is 0 Å². The molecule has 0 unspecified atom stereocenters. The molecule has 0 bridgehead atoms. The van der Waals surface area contributed by atoms with Crippen molar-refractivity contribution in [3.05, 3.63) is 35.0 Å². The molecule has 7 nitrogen and oxygen atoms in total. The Kier molecular flexibility index (Phi) is 3.98. The van der Waals surface area contributed by atoms with Crippen molar-refractivity contribution in [3.63, 3.8) is 0 Å². The van der Waals surface area contributed by atoms with E-state index >= 15 is 0 Å². The minimum Gasteiger partial charge on any atom is -0.350 e. The van der Waals surface area contributed by atoms with E-state index in [2.05, 4.69) is 15.5 Å². The smallest absolute Gasteiger partial charge is 0.269 e. The molecule has 2 rings (SSSR count). The standard InChI is InChI=1S/C10H12N4O3S2/c11-19(16,17)9-2-1-7(18-9)3-5-12-10(15)8-4-6-13-14-8/h1-2,4,6H,3,5H2,(H,12,15)(H,13,14)(H2,11,16,17). The first kappa shape index (κ1) is 13.7. The zero-order valence-corrected chi connectivity index (χ0v) is 11.4. The van der Waals surface area contributed by atoms with E-state index in [1.165, 1.54) is 12.3 Å². The summed E-state index contributed by atoms with van der Waals surface area (Å²) in [6, 6.07) is 4.72. The molecule has 0 saturated heterocycles. The van der Waals surface area contributed by atoms with E-state index in [4.69, 9.17) is 5.14 Å². The van der Waals surface area contributed by atoms with Gasteiger partial charge >= 0.3 is 0 Å². The van der Waals surface area contributed by atoms with Crippen LogP contribution in [0.5, 0.6) is 0 Å². The summed E-state index contributed by atoms with van der Waals surface area (Å²) in [6.45, 7) is 0.405. The van der Waals surface area contributed by atoms with Crippen LogP contribution in [0.4, 0.5) is 0 Å². The number of nitrogens with two attached hydrogens (primary N) is 1. The van der Waals surface area contributed by atoms with Gasteiger partial charge in [-0.1, -0.05) is 0 Å². The van der Waals surface area contributed by atoms with Crippen LogP contribution in [-0.2, 0) is 16.4 Å². The van der Waals surface area contributed by atoms with Crippen molar-refractivity contribution in [2.24, 2.45) is 5.14 Å². The average Bonchev–Trinajstić information content (AvgIpc) is 2.99. The Bertz CT molecular complexity index is 661. The number of amides is 1. The largest absolute Gasteiger partial charge is 0.350 e. The third kappa shape index (κ3) is 3.63. The van der Waals surface area contributed by atoms with Crippen molar-refractivity contribution in [2.75, 3.05) is 6.54 Å². The SMILES string of the molecule is NS(=O)(=O)c1ccc(CCNC(=O)c2ccn[nH]2)s1. The fourth-order valence-electron chi connectivity index (χ4n) is 1.42. The molecular weight excluding hydrogens is 288 g/mol. The minimum atomic E-state index is -3.64. The van der Waals surface area contributed by atoms with Crippen LogP contribution in [-0.4, -0.2) is 31.1 Å². The number of nitrogens with one attached hydrogen (secondary N) is 2. The minimum absolute atomic E-state index is 0.127. The third-order valence-electron chi connectivity index (χ3n) is 2.32. The number of aromatic nitrogens is 2. The molecule has 0 saturated carbocycles. The van der Waals surface area contributed by atoms with Crippen LogP contribution in [0.1, 0.15) is 15.4 Å². The van der Waals surface area contributed by atoms with Crippen LogP contribution in [0, 0.1) is 0 Å². The van der Waals surface area contributed by atoms with Crippen molar-refractivity contribution in [2.45, 2.75) is 10.6 Å². The highest BCUT2D eigenvalue weighted by molar-refractivity contribution is 7.91. The number of sulfonamides is 1. The summed E-state index contributed by atoms with van der Waals surface area (Å²) >= 11 is 1.10. The molecule has 2 heterocycles. The van der Waals surface area contributed by atoms with Gasteiger partial charge in [0.15, 0.2) is 0 Å². The Hall–Kier alpha value is -1.71. The molecule has 0 fully saturated rings. The number of aromatic amines is 1. The number of thiophene rings is 1. The first-order valence-electron chi connectivity index (χ1n) is 5.36. The fraction of sp³-hybridized carbons (Fsp3) is 0.200. The first-order valence-corrected chi connectivity index (χ1v) is 7.72. The summed E-state index contributed by atoms with van der Waals surface area (Å²) in [5.74, 6) is -0.249. The molecule has 0 aliphatic rings. The molecule has 0 atom stereocenters. The van der Waals surface area contributed by atoms with Gasteiger partial charge in [-0.05, 0) is 24.6 Å². The second kappa shape index (κ2) is 5.51. The molecule has 0 aliphatic carbocycles. The lowest BCUT2D eigenvalue weighted by molar-refractivity contribution is 0.0949. The van der Waals surface area contributed by atoms with Crippen LogP contribution in [0.25, 0.3) is 0 Å². The number of hydrogen-bond donors (Lipinski definition) is 3. The highest BCUT2D eigenvalue weighted by Crippen LogP contribution is 2.20. The van der Waals surface area contributed by atoms with E-state index in [1.807, 2.05) is 0 Å². The zero-order chi connectivity index (χ0) is 13.9. The summed E-state index contributed by atoms with van der Waals surface area (Å²) in [7, 11) is -3.64. The van der Waals surface area contributed by atoms with Crippen LogP contribution >= 0.6 is 11.3 Å². The topological polar surface area (TPSA) is 118 Å². The predicted molar refractivity (Wildman–Crippen MR) is 70.3 cm³/mol. The Labute approximate surface area is 113 Å². The number of hydrogen-bond acceptors (Lipinski definition) is 5. The van der Waals surface area contributed by atoms with Gasteiger partial charge in [-0.25, -0.2) is 13.6 Å². The molecule has 1 amide bonds. The lowest BCUT2D eigenvalue weighted by Gasteiger charge is -2.01. The van der Waals surface area contributed by atoms with Gasteiger partial charge in [0.05, 0.1) is 0 Å². The van der Waals surface area contributed by atoms with E-state index in [0.29, 0.717) is 18.7 Å². The van der Waals surface area contributed by atoms with Gasteiger partial charge in [-0.15, -0.1) is 11.3 Å². The number of carbonyl (C=O) groups excluding carboxylic acids is 1. The van der Waals surface area contributed by atoms with Gasteiger partial charge < -0.3 is 5.32 Å². The summed E-state index contributed by atoms with van der Waals surface area (Å²) in [5, 5.41) is 13.9. The molecule has 2 aromatic heterocycles. The van der Waals surface area contributed by atoms with Crippen molar-refractivity contribution >= 4 is 27.3 Å². The molecule has 0 spiro atoms. The monoisotopic (exact) mass is 300 g/mol. The van der Waals surface area contributed by atoms with Crippen LogP contribution in [0.2, 0.25) is 0 Å². The molecule has 9 heteroatoms. The average molecular weight is 300 g/mol. The van der Waals surface area contributed by atoms with E-state index in [0.717, 1.165) is 16.2 Å². The predicted octanol–water partition coefficient (Wildman–Crippen LogP) is 0.0911. The van der Waals surface area contributed by atoms with E-state index in [-0.39, 0.29) is 10.1 Å². The Morgan fingerprint density at radius 3 is 2.79 bits per heavy atom. The maximum atomic E-state index is 11.6. The maximum Gasteiger partial charge on any atom is 0.269 e. The van der Waals surface area contributed by atoms with Gasteiger partial charge in [0.25, 0.3) is 5.91 Å². The molecule has 0 radical (unpaired) electrons. The lowest BCUT2D eigenvalue weighted by Crippen LogP contribution is -2.25. The fourth-order valence-corrected chi connectivity index (χ4v) is 3.20. The Balaban J connectivity index is 1.86.